The van der Waals surface area contributed by atoms with E-state index < -0.39 is 10.0 Å². The molecule has 0 aliphatic heterocycles. The van der Waals surface area contributed by atoms with E-state index in [0.29, 0.717) is 36.2 Å². The smallest absolute Gasteiger partial charge is 0.243 e. The molecule has 0 aliphatic rings. The van der Waals surface area contributed by atoms with Gasteiger partial charge >= 0.3 is 0 Å². The lowest BCUT2D eigenvalue weighted by Crippen LogP contribution is -2.30. The maximum Gasteiger partial charge on any atom is 0.243 e. The molecule has 0 fully saturated rings. The summed E-state index contributed by atoms with van der Waals surface area (Å²) in [6.45, 7) is 6.86. The Labute approximate surface area is 228 Å². The number of carbonyl (C=O) groups excluding carboxylic acids is 1. The lowest BCUT2D eigenvalue weighted by atomic mass is 10.2. The van der Waals surface area contributed by atoms with Crippen LogP contribution >= 0.6 is 11.8 Å². The molecule has 1 N–H and O–H groups in total. The van der Waals surface area contributed by atoms with Crippen LogP contribution in [0.1, 0.15) is 25.0 Å². The second-order valence-electron chi connectivity index (χ2n) is 8.70. The summed E-state index contributed by atoms with van der Waals surface area (Å²) in [7, 11) is -3.63. The van der Waals surface area contributed by atoms with Crippen LogP contribution in [0.15, 0.2) is 88.9 Å². The minimum absolute atomic E-state index is 0.149. The van der Waals surface area contributed by atoms with Gasteiger partial charge in [-0.2, -0.15) is 4.31 Å². The molecule has 0 bridgehead atoms. The summed E-state index contributed by atoms with van der Waals surface area (Å²) in [5.74, 6) is 0.535. The quantitative estimate of drug-likeness (QED) is 0.263. The van der Waals surface area contributed by atoms with Crippen LogP contribution in [0, 0.1) is 6.92 Å². The highest BCUT2D eigenvalue weighted by molar-refractivity contribution is 7.99. The molecule has 0 radical (unpaired) electrons. The van der Waals surface area contributed by atoms with Gasteiger partial charge in [0.05, 0.1) is 17.2 Å². The topological polar surface area (TPSA) is 97.2 Å². The zero-order valence-electron chi connectivity index (χ0n) is 21.7. The number of aryl methyl sites for hydroxylation is 1. The van der Waals surface area contributed by atoms with Crippen LogP contribution in [-0.2, 0) is 21.4 Å². The van der Waals surface area contributed by atoms with E-state index in [4.69, 9.17) is 0 Å². The van der Waals surface area contributed by atoms with Gasteiger partial charge in [-0.3, -0.25) is 9.36 Å². The number of sulfonamides is 1. The summed E-state index contributed by atoms with van der Waals surface area (Å²) in [4.78, 5) is 12.9. The first-order valence-electron chi connectivity index (χ1n) is 12.4. The van der Waals surface area contributed by atoms with E-state index in [1.165, 1.54) is 16.1 Å². The van der Waals surface area contributed by atoms with Crippen molar-refractivity contribution in [3.05, 3.63) is 90.0 Å². The molecule has 0 aliphatic carbocycles. The van der Waals surface area contributed by atoms with Crippen LogP contribution in [0.4, 0.5) is 5.69 Å². The number of hydrogen-bond donors (Lipinski definition) is 1. The average Bonchev–Trinajstić information content (AvgIpc) is 3.31. The number of benzene rings is 3. The number of thioether (sulfide) groups is 1. The van der Waals surface area contributed by atoms with Crippen molar-refractivity contribution in [1.82, 2.24) is 19.1 Å². The summed E-state index contributed by atoms with van der Waals surface area (Å²) < 4.78 is 29.6. The summed E-state index contributed by atoms with van der Waals surface area (Å²) in [6, 6.07) is 24.3. The SMILES string of the molecule is CCN(CC)S(=O)(=O)c1cccc(-c2nnc(SCC(=O)Nc3cccc(C)c3)n2Cc2ccccc2)c1. The molecule has 1 aromatic heterocycles. The molecule has 10 heteroatoms. The lowest BCUT2D eigenvalue weighted by Gasteiger charge is -2.19. The van der Waals surface area contributed by atoms with Gasteiger partial charge in [0.15, 0.2) is 11.0 Å². The fraction of sp³-hybridized carbons (Fsp3) is 0.250. The van der Waals surface area contributed by atoms with E-state index in [0.717, 1.165) is 16.8 Å². The van der Waals surface area contributed by atoms with E-state index in [1.807, 2.05) is 86.0 Å². The van der Waals surface area contributed by atoms with Gasteiger partial charge in [-0.1, -0.05) is 80.2 Å². The maximum atomic E-state index is 13.1. The number of rotatable bonds is 11. The highest BCUT2D eigenvalue weighted by Gasteiger charge is 2.23. The molecule has 1 heterocycles. The van der Waals surface area contributed by atoms with Gasteiger partial charge in [-0.15, -0.1) is 10.2 Å². The molecule has 0 unspecified atom stereocenters. The zero-order chi connectivity index (χ0) is 27.1. The third-order valence-electron chi connectivity index (χ3n) is 5.97. The Morgan fingerprint density at radius 1 is 0.947 bits per heavy atom. The van der Waals surface area contributed by atoms with Crippen LogP contribution in [0.25, 0.3) is 11.4 Å². The highest BCUT2D eigenvalue weighted by Crippen LogP contribution is 2.28. The maximum absolute atomic E-state index is 13.1. The summed E-state index contributed by atoms with van der Waals surface area (Å²) in [5, 5.41) is 12.3. The Morgan fingerprint density at radius 3 is 2.39 bits per heavy atom. The van der Waals surface area contributed by atoms with Crippen molar-refractivity contribution in [1.29, 1.82) is 0 Å². The zero-order valence-corrected chi connectivity index (χ0v) is 23.3. The number of carbonyl (C=O) groups is 1. The fourth-order valence-electron chi connectivity index (χ4n) is 4.08. The molecule has 0 saturated heterocycles. The summed E-state index contributed by atoms with van der Waals surface area (Å²) in [5.41, 5.74) is 3.48. The van der Waals surface area contributed by atoms with Gasteiger partial charge in [-0.25, -0.2) is 8.42 Å². The summed E-state index contributed by atoms with van der Waals surface area (Å²) in [6.07, 6.45) is 0. The first-order chi connectivity index (χ1) is 18.3. The minimum Gasteiger partial charge on any atom is -0.325 e. The number of anilines is 1. The highest BCUT2D eigenvalue weighted by atomic mass is 32.2. The predicted octanol–water partition coefficient (Wildman–Crippen LogP) is 5.06. The molecule has 4 aromatic rings. The fourth-order valence-corrected chi connectivity index (χ4v) is 6.32. The van der Waals surface area contributed by atoms with Crippen molar-refractivity contribution in [3.63, 3.8) is 0 Å². The lowest BCUT2D eigenvalue weighted by molar-refractivity contribution is -0.113. The third kappa shape index (κ3) is 6.50. The monoisotopic (exact) mass is 549 g/mol. The second kappa shape index (κ2) is 12.4. The van der Waals surface area contributed by atoms with Gasteiger partial charge in [-0.05, 0) is 42.3 Å². The Kier molecular flexibility index (Phi) is 8.98. The number of aromatic nitrogens is 3. The first-order valence-corrected chi connectivity index (χ1v) is 14.8. The Morgan fingerprint density at radius 2 is 1.68 bits per heavy atom. The molecular weight excluding hydrogens is 518 g/mol. The normalized spacial score (nSPS) is 11.6. The molecule has 0 atom stereocenters. The van der Waals surface area contributed by atoms with Crippen LogP contribution in [0.3, 0.4) is 0 Å². The van der Waals surface area contributed by atoms with Gasteiger partial charge in [0.2, 0.25) is 15.9 Å². The minimum atomic E-state index is -3.63. The van der Waals surface area contributed by atoms with E-state index in [1.54, 1.807) is 18.2 Å². The van der Waals surface area contributed by atoms with Crippen LogP contribution in [0.5, 0.6) is 0 Å². The van der Waals surface area contributed by atoms with Crippen molar-refractivity contribution in [3.8, 4) is 11.4 Å². The number of hydrogen-bond acceptors (Lipinski definition) is 6. The van der Waals surface area contributed by atoms with Crippen molar-refractivity contribution >= 4 is 33.4 Å². The van der Waals surface area contributed by atoms with Crippen LogP contribution in [0.2, 0.25) is 0 Å². The molecule has 0 spiro atoms. The Balaban J connectivity index is 1.63. The molecule has 0 saturated carbocycles. The predicted molar refractivity (Wildman–Crippen MR) is 152 cm³/mol. The van der Waals surface area contributed by atoms with E-state index in [-0.39, 0.29) is 16.6 Å². The molecule has 8 nitrogen and oxygen atoms in total. The van der Waals surface area contributed by atoms with E-state index in [9.17, 15) is 13.2 Å². The second-order valence-corrected chi connectivity index (χ2v) is 11.6. The van der Waals surface area contributed by atoms with Crippen molar-refractivity contribution in [2.24, 2.45) is 0 Å². The molecule has 4 rings (SSSR count). The standard InChI is InChI=1S/C28H31N5O3S2/c1-4-32(5-2)38(35,36)25-16-10-14-23(18-25)27-30-31-28(33(27)19-22-12-7-6-8-13-22)37-20-26(34)29-24-15-9-11-21(3)17-24/h6-18H,4-5,19-20H2,1-3H3,(H,29,34). The van der Waals surface area contributed by atoms with Gasteiger partial charge in [0.1, 0.15) is 0 Å². The first kappa shape index (κ1) is 27.6. The van der Waals surface area contributed by atoms with Crippen molar-refractivity contribution in [2.45, 2.75) is 37.4 Å². The van der Waals surface area contributed by atoms with Gasteiger partial charge in [0.25, 0.3) is 0 Å². The van der Waals surface area contributed by atoms with Crippen LogP contribution < -0.4 is 5.32 Å². The average molecular weight is 550 g/mol. The van der Waals surface area contributed by atoms with Crippen LogP contribution in [-0.4, -0.2) is 52.2 Å². The molecular formula is C28H31N5O3S2. The van der Waals surface area contributed by atoms with Gasteiger partial charge in [0, 0.05) is 24.3 Å². The molecule has 38 heavy (non-hydrogen) atoms. The van der Waals surface area contributed by atoms with Crippen molar-refractivity contribution < 1.29 is 13.2 Å². The third-order valence-corrected chi connectivity index (χ3v) is 8.98. The van der Waals surface area contributed by atoms with Gasteiger partial charge < -0.3 is 5.32 Å². The van der Waals surface area contributed by atoms with Crippen molar-refractivity contribution in [2.75, 3.05) is 24.2 Å². The number of nitrogens with one attached hydrogen (secondary N) is 1. The Bertz CT molecular complexity index is 1500. The largest absolute Gasteiger partial charge is 0.325 e. The Hall–Kier alpha value is -3.47. The molecule has 1 amide bonds. The number of amides is 1. The van der Waals surface area contributed by atoms with E-state index in [2.05, 4.69) is 15.5 Å². The molecule has 3 aromatic carbocycles. The number of nitrogens with zero attached hydrogens (tertiary/aromatic N) is 4. The van der Waals surface area contributed by atoms with E-state index >= 15 is 0 Å². The summed E-state index contributed by atoms with van der Waals surface area (Å²) >= 11 is 1.29. The molecule has 198 valence electrons.